The number of Topliss-reactive ketones (excluding diaryl/α,β-unsaturated/α-hetero) is 1. The van der Waals surface area contributed by atoms with Gasteiger partial charge >= 0.3 is 30.0 Å². The minimum absolute atomic E-state index is 0.121. The third-order valence-corrected chi connectivity index (χ3v) is 13.7. The summed E-state index contributed by atoms with van der Waals surface area (Å²) in [5.41, 5.74) is -6.72. The summed E-state index contributed by atoms with van der Waals surface area (Å²) in [4.78, 5) is 80.2. The largest absolute Gasteiger partial charge is 0.466 e. The molecule has 1 aliphatic heterocycles. The molecule has 1 saturated heterocycles. The van der Waals surface area contributed by atoms with Crippen LogP contribution in [0.3, 0.4) is 0 Å². The van der Waals surface area contributed by atoms with Gasteiger partial charge in [0.2, 0.25) is 0 Å². The van der Waals surface area contributed by atoms with E-state index in [1.807, 2.05) is 13.8 Å². The van der Waals surface area contributed by atoms with Gasteiger partial charge in [0.1, 0.15) is 35.6 Å². The average Bonchev–Trinajstić information content (AvgIpc) is 3.26. The Morgan fingerprint density at radius 3 is 1.99 bits per heavy atom. The lowest BCUT2D eigenvalue weighted by Crippen LogP contribution is -2.82. The van der Waals surface area contributed by atoms with Crippen molar-refractivity contribution < 1.29 is 76.9 Å². The van der Waals surface area contributed by atoms with E-state index in [1.54, 1.807) is 109 Å². The zero-order valence-electron chi connectivity index (χ0n) is 41.4. The van der Waals surface area contributed by atoms with E-state index in [0.29, 0.717) is 23.7 Å². The maximum atomic E-state index is 15.5. The number of alkyl carbamates (subject to hydrolysis) is 1. The SMILES string of the molecule is CC(=O)OCC(C)C.CO[C@H]1C(=O)[C@@]2(C)C([C@H](OC(=O)c3ccccc3)[C@]3(O)C[C@H](OC(=O)[C@H](O)[C@@H](NC(=O)OC(C)(C)C)c4ccccc4)C(C)=C1C3(C)C)[C@]1(OC(C)=O)CO[C@@H]1C[C@@H]2OC. The first-order valence-electron chi connectivity index (χ1n) is 22.9. The number of methoxy groups -OCH3 is 2. The van der Waals surface area contributed by atoms with Crippen molar-refractivity contribution in [2.45, 2.75) is 148 Å². The summed E-state index contributed by atoms with van der Waals surface area (Å²) in [5, 5.41) is 28.0. The Hall–Kier alpha value is -5.20. The molecule has 0 aromatic heterocycles. The predicted molar refractivity (Wildman–Crippen MR) is 245 cm³/mol. The number of carbonyl (C=O) groups excluding carboxylic acids is 6. The molecule has 3 N–H and O–H groups in total. The molecular formula is C51H69NO16. The zero-order valence-corrected chi connectivity index (χ0v) is 41.4. The van der Waals surface area contributed by atoms with Gasteiger partial charge in [0.15, 0.2) is 17.5 Å². The van der Waals surface area contributed by atoms with E-state index in [2.05, 4.69) is 10.1 Å². The second kappa shape index (κ2) is 20.8. The first-order valence-corrected chi connectivity index (χ1v) is 22.9. The summed E-state index contributed by atoms with van der Waals surface area (Å²) in [6.07, 6.45) is -9.31. The highest BCUT2D eigenvalue weighted by molar-refractivity contribution is 5.94. The Balaban J connectivity index is 0.000000989. The number of aliphatic hydroxyl groups excluding tert-OH is 1. The van der Waals surface area contributed by atoms with Crippen molar-refractivity contribution in [3.8, 4) is 0 Å². The molecule has 1 amide bonds. The third-order valence-electron chi connectivity index (χ3n) is 13.7. The number of hydrogen-bond donors (Lipinski definition) is 3. The van der Waals surface area contributed by atoms with E-state index in [1.165, 1.54) is 28.1 Å². The fourth-order valence-electron chi connectivity index (χ4n) is 10.4. The number of benzene rings is 2. The second-order valence-electron chi connectivity index (χ2n) is 20.2. The number of rotatable bonds is 12. The van der Waals surface area contributed by atoms with Gasteiger partial charge in [0.05, 0.1) is 42.3 Å². The number of aliphatic hydroxyl groups is 2. The molecule has 17 heteroatoms. The van der Waals surface area contributed by atoms with E-state index in [9.17, 15) is 34.2 Å². The molecule has 2 saturated carbocycles. The van der Waals surface area contributed by atoms with Crippen molar-refractivity contribution in [3.05, 3.63) is 82.9 Å². The predicted octanol–water partition coefficient (Wildman–Crippen LogP) is 5.77. The lowest BCUT2D eigenvalue weighted by molar-refractivity contribution is -0.347. The molecule has 11 atom stereocenters. The number of hydrogen-bond acceptors (Lipinski definition) is 16. The van der Waals surface area contributed by atoms with E-state index in [4.69, 9.17) is 33.2 Å². The summed E-state index contributed by atoms with van der Waals surface area (Å²) in [7, 11) is 2.78. The number of ether oxygens (including phenoxy) is 8. The topological polar surface area (TPSA) is 229 Å². The Morgan fingerprint density at radius 2 is 1.50 bits per heavy atom. The number of fused-ring (bicyclic) bond motifs is 5. The van der Waals surface area contributed by atoms with Crippen LogP contribution in [-0.2, 0) is 57.1 Å². The van der Waals surface area contributed by atoms with E-state index in [-0.39, 0.29) is 30.1 Å². The van der Waals surface area contributed by atoms with Gasteiger partial charge in [-0.2, -0.15) is 0 Å². The molecule has 1 unspecified atom stereocenters. The van der Waals surface area contributed by atoms with Crippen molar-refractivity contribution in [2.75, 3.05) is 27.4 Å². The van der Waals surface area contributed by atoms with Crippen molar-refractivity contribution in [1.29, 1.82) is 0 Å². The van der Waals surface area contributed by atoms with Crippen molar-refractivity contribution in [2.24, 2.45) is 22.7 Å². The maximum Gasteiger partial charge on any atom is 0.408 e. The van der Waals surface area contributed by atoms with Crippen LogP contribution < -0.4 is 5.32 Å². The van der Waals surface area contributed by atoms with Gasteiger partial charge in [0, 0.05) is 46.3 Å². The van der Waals surface area contributed by atoms with Crippen LogP contribution in [0.25, 0.3) is 0 Å². The van der Waals surface area contributed by atoms with Gasteiger partial charge in [0.25, 0.3) is 0 Å². The molecule has 17 nitrogen and oxygen atoms in total. The monoisotopic (exact) mass is 951 g/mol. The van der Waals surface area contributed by atoms with Gasteiger partial charge in [-0.15, -0.1) is 0 Å². The fraction of sp³-hybridized carbons (Fsp3) is 0.608. The molecule has 2 bridgehead atoms. The van der Waals surface area contributed by atoms with Crippen LogP contribution in [0.2, 0.25) is 0 Å². The number of ketones is 1. The van der Waals surface area contributed by atoms with Gasteiger partial charge in [-0.25, -0.2) is 14.4 Å². The molecule has 2 aromatic rings. The summed E-state index contributed by atoms with van der Waals surface area (Å²) >= 11 is 0. The molecule has 6 rings (SSSR count). The van der Waals surface area contributed by atoms with Crippen LogP contribution in [0.5, 0.6) is 0 Å². The minimum atomic E-state index is -2.22. The van der Waals surface area contributed by atoms with Crippen LogP contribution in [0, 0.1) is 22.7 Å². The maximum absolute atomic E-state index is 15.5. The van der Waals surface area contributed by atoms with Crippen LogP contribution in [0.15, 0.2) is 71.8 Å². The molecule has 374 valence electrons. The summed E-state index contributed by atoms with van der Waals surface area (Å²) < 4.78 is 47.0. The van der Waals surface area contributed by atoms with E-state index >= 15 is 4.79 Å². The van der Waals surface area contributed by atoms with E-state index in [0.717, 1.165) is 0 Å². The molecule has 1 heterocycles. The normalized spacial score (nSPS) is 30.2. The third kappa shape index (κ3) is 10.5. The van der Waals surface area contributed by atoms with E-state index < -0.39 is 112 Å². The first kappa shape index (κ1) is 53.8. The van der Waals surface area contributed by atoms with Crippen molar-refractivity contribution >= 4 is 35.8 Å². The highest BCUT2D eigenvalue weighted by Gasteiger charge is 2.78. The lowest BCUT2D eigenvalue weighted by Gasteiger charge is -2.67. The quantitative estimate of drug-likeness (QED) is 0.130. The number of nitrogens with one attached hydrogen (secondary N) is 1. The molecule has 3 fully saturated rings. The summed E-state index contributed by atoms with van der Waals surface area (Å²) in [5.74, 6) is -4.28. The second-order valence-corrected chi connectivity index (χ2v) is 20.2. The van der Waals surface area contributed by atoms with Gasteiger partial charge in [-0.05, 0) is 69.4 Å². The van der Waals surface area contributed by atoms with Gasteiger partial charge in [-0.1, -0.05) is 76.2 Å². The zero-order chi connectivity index (χ0) is 50.7. The minimum Gasteiger partial charge on any atom is -0.466 e. The van der Waals surface area contributed by atoms with Crippen LogP contribution in [-0.4, -0.2) is 127 Å². The molecule has 68 heavy (non-hydrogen) atoms. The number of amides is 1. The highest BCUT2D eigenvalue weighted by atomic mass is 16.6. The standard InChI is InChI=1S/C45H57NO14.C6H12O2/c1-24-28(57-39(51)33(48)32(26-17-13-11-14-18-26)46-40(52)60-41(3,4)5)22-45(53)37(58-38(50)27-19-15-12-16-20-27)35-43(8,36(49)34(55-10)31(24)42(45,6)7)29(54-9)21-30-44(35,23-56-30)59-25(2)47;1-5(2)4-8-6(3)7/h11-20,28-30,32-35,37,48,53H,21-23H2,1-10H3,(H,46,52);5H,4H2,1-3H3/t28-,29-,30+,32-,33+,34+,35?,37-,43+,44-,45+;/m0./s1. The van der Waals surface area contributed by atoms with Crippen molar-refractivity contribution in [3.63, 3.8) is 0 Å². The molecule has 2 aromatic carbocycles. The van der Waals surface area contributed by atoms with Gasteiger partial charge in [-0.3, -0.25) is 14.4 Å². The van der Waals surface area contributed by atoms with Crippen LogP contribution in [0.4, 0.5) is 4.79 Å². The molecule has 3 aliphatic carbocycles. The Labute approximate surface area is 398 Å². The number of carbonyl (C=O) groups is 6. The average molecular weight is 952 g/mol. The smallest absolute Gasteiger partial charge is 0.408 e. The number of esters is 4. The Bertz CT molecular complexity index is 2200. The fourth-order valence-corrected chi connectivity index (χ4v) is 10.4. The summed E-state index contributed by atoms with van der Waals surface area (Å²) in [6, 6.07) is 15.1. The van der Waals surface area contributed by atoms with Crippen LogP contribution in [0.1, 0.15) is 111 Å². The van der Waals surface area contributed by atoms with Gasteiger partial charge < -0.3 is 53.4 Å². The first-order chi connectivity index (χ1) is 31.7. The van der Waals surface area contributed by atoms with Crippen molar-refractivity contribution in [1.82, 2.24) is 5.32 Å². The molecule has 0 spiro atoms. The lowest BCUT2D eigenvalue weighted by atomic mass is 9.44. The molecular weight excluding hydrogens is 883 g/mol. The molecule has 4 aliphatic rings. The Kier molecular flexibility index (Phi) is 16.4. The highest BCUT2D eigenvalue weighted by Crippen LogP contribution is 2.64. The molecule has 0 radical (unpaired) electrons. The Morgan fingerprint density at radius 1 is 0.897 bits per heavy atom. The van der Waals surface area contributed by atoms with Crippen LogP contribution >= 0.6 is 0 Å². The summed E-state index contributed by atoms with van der Waals surface area (Å²) in [6.45, 7) is 18.7.